The molecule has 0 amide bonds. The summed E-state index contributed by atoms with van der Waals surface area (Å²) >= 11 is 0. The first-order chi connectivity index (χ1) is 11.3. The third kappa shape index (κ3) is 3.38. The summed E-state index contributed by atoms with van der Waals surface area (Å²) in [7, 11) is -0.495. The Balaban J connectivity index is 2.21. The first kappa shape index (κ1) is 16.0. The topological polar surface area (TPSA) is 0 Å². The van der Waals surface area contributed by atoms with Crippen LogP contribution in [0.4, 0.5) is 0 Å². The van der Waals surface area contributed by atoms with Gasteiger partial charge < -0.3 is 0 Å². The van der Waals surface area contributed by atoms with Crippen molar-refractivity contribution in [3.8, 4) is 0 Å². The van der Waals surface area contributed by atoms with Crippen LogP contribution in [0.5, 0.6) is 0 Å². The third-order valence-corrected chi connectivity index (χ3v) is 6.78. The van der Waals surface area contributed by atoms with Crippen molar-refractivity contribution in [3.63, 3.8) is 0 Å². The monoisotopic (exact) mass is 318 g/mol. The van der Waals surface area contributed by atoms with Gasteiger partial charge in [0.2, 0.25) is 0 Å². The third-order valence-electron chi connectivity index (χ3n) is 4.25. The molecule has 3 aromatic rings. The molecule has 0 fully saturated rings. The van der Waals surface area contributed by atoms with Crippen molar-refractivity contribution < 1.29 is 0 Å². The molecule has 0 heterocycles. The quantitative estimate of drug-likeness (QED) is 0.605. The van der Waals surface area contributed by atoms with Crippen LogP contribution in [0.1, 0.15) is 25.0 Å². The van der Waals surface area contributed by atoms with E-state index < -0.39 is 7.92 Å². The predicted molar refractivity (Wildman–Crippen MR) is 104 cm³/mol. The Kier molecular flexibility index (Phi) is 5.26. The second-order valence-corrected chi connectivity index (χ2v) is 7.81. The fourth-order valence-electron chi connectivity index (χ4n) is 3.15. The number of hydrogen-bond acceptors (Lipinski definition) is 0. The second-order valence-electron chi connectivity index (χ2n) is 5.63. The van der Waals surface area contributed by atoms with E-state index in [9.17, 15) is 0 Å². The lowest BCUT2D eigenvalue weighted by Gasteiger charge is -2.23. The normalized spacial score (nSPS) is 10.9. The zero-order valence-electron chi connectivity index (χ0n) is 13.9. The van der Waals surface area contributed by atoms with E-state index in [1.807, 2.05) is 0 Å². The molecule has 0 aromatic heterocycles. The van der Waals surface area contributed by atoms with E-state index in [1.54, 1.807) is 0 Å². The first-order valence-electron chi connectivity index (χ1n) is 8.36. The first-order valence-corrected chi connectivity index (χ1v) is 9.70. The Bertz CT molecular complexity index is 708. The van der Waals surface area contributed by atoms with Gasteiger partial charge in [-0.2, -0.15) is 0 Å². The molecule has 1 heteroatoms. The summed E-state index contributed by atoms with van der Waals surface area (Å²) < 4.78 is 0. The molecule has 0 radical (unpaired) electrons. The highest BCUT2D eigenvalue weighted by Gasteiger charge is 2.19. The zero-order valence-corrected chi connectivity index (χ0v) is 14.8. The van der Waals surface area contributed by atoms with Gasteiger partial charge in [0, 0.05) is 0 Å². The summed E-state index contributed by atoms with van der Waals surface area (Å²) in [5.74, 6) is 0. The highest BCUT2D eigenvalue weighted by Crippen LogP contribution is 2.35. The lowest BCUT2D eigenvalue weighted by Crippen LogP contribution is -2.24. The maximum Gasteiger partial charge on any atom is -0.0116 e. The van der Waals surface area contributed by atoms with Gasteiger partial charge in [-0.1, -0.05) is 92.7 Å². The van der Waals surface area contributed by atoms with Gasteiger partial charge in [0.25, 0.3) is 0 Å². The fraction of sp³-hybridized carbons (Fsp3) is 0.182. The van der Waals surface area contributed by atoms with Crippen molar-refractivity contribution in [2.75, 3.05) is 0 Å². The van der Waals surface area contributed by atoms with Gasteiger partial charge in [0.15, 0.2) is 0 Å². The Hall–Kier alpha value is -1.91. The highest BCUT2D eigenvalue weighted by molar-refractivity contribution is 7.79. The molecule has 0 spiro atoms. The van der Waals surface area contributed by atoms with Crippen LogP contribution in [0, 0.1) is 0 Å². The lowest BCUT2D eigenvalue weighted by atomic mass is 10.0. The summed E-state index contributed by atoms with van der Waals surface area (Å²) in [5, 5.41) is 4.37. The Morgan fingerprint density at radius 3 is 1.65 bits per heavy atom. The fourth-order valence-corrected chi connectivity index (χ4v) is 5.75. The van der Waals surface area contributed by atoms with Crippen LogP contribution in [-0.4, -0.2) is 0 Å². The van der Waals surface area contributed by atoms with Gasteiger partial charge in [-0.15, -0.1) is 0 Å². The van der Waals surface area contributed by atoms with Crippen LogP contribution in [0.15, 0.2) is 78.9 Å². The molecule has 3 aromatic carbocycles. The molecule has 0 bridgehead atoms. The maximum absolute atomic E-state index is 2.34. The molecule has 0 aliphatic rings. The van der Waals surface area contributed by atoms with Crippen LogP contribution in [0.3, 0.4) is 0 Å². The number of aryl methyl sites for hydroxylation is 1. The molecule has 0 aliphatic heterocycles. The van der Waals surface area contributed by atoms with Crippen molar-refractivity contribution in [1.29, 1.82) is 0 Å². The minimum absolute atomic E-state index is 0.495. The smallest absolute Gasteiger partial charge is 0.0116 e. The Labute approximate surface area is 141 Å². The van der Waals surface area contributed by atoms with Gasteiger partial charge >= 0.3 is 0 Å². The van der Waals surface area contributed by atoms with Gasteiger partial charge in [-0.05, 0) is 47.8 Å². The van der Waals surface area contributed by atoms with Gasteiger partial charge in [-0.25, -0.2) is 0 Å². The van der Waals surface area contributed by atoms with Gasteiger partial charge in [0.1, 0.15) is 0 Å². The van der Waals surface area contributed by atoms with Gasteiger partial charge in [-0.3, -0.25) is 0 Å². The van der Waals surface area contributed by atoms with Crippen molar-refractivity contribution in [2.45, 2.75) is 26.7 Å². The standard InChI is InChI=1S/C22H23P/c1-3-18-12-11-17-22(21(18)4-2)23(19-13-7-5-8-14-19)20-15-9-6-10-16-20/h5-17H,3-4H2,1-2H3. The molecular formula is C22H23P. The van der Waals surface area contributed by atoms with E-state index >= 15 is 0 Å². The average molecular weight is 318 g/mol. The molecule has 23 heavy (non-hydrogen) atoms. The van der Waals surface area contributed by atoms with E-state index in [0.717, 1.165) is 12.8 Å². The van der Waals surface area contributed by atoms with Crippen LogP contribution < -0.4 is 15.9 Å². The average Bonchev–Trinajstić information content (AvgIpc) is 2.63. The Morgan fingerprint density at radius 1 is 0.609 bits per heavy atom. The van der Waals surface area contributed by atoms with Crippen molar-refractivity contribution in [2.24, 2.45) is 0 Å². The van der Waals surface area contributed by atoms with E-state index in [-0.39, 0.29) is 0 Å². The number of hydrogen-bond donors (Lipinski definition) is 0. The predicted octanol–water partition coefficient (Wildman–Crippen LogP) is 4.57. The molecule has 0 atom stereocenters. The minimum atomic E-state index is -0.495. The van der Waals surface area contributed by atoms with Crippen LogP contribution >= 0.6 is 7.92 Å². The van der Waals surface area contributed by atoms with Crippen LogP contribution in [0.2, 0.25) is 0 Å². The molecule has 0 saturated carbocycles. The molecule has 3 rings (SSSR count). The van der Waals surface area contributed by atoms with E-state index in [1.165, 1.54) is 27.0 Å². The van der Waals surface area contributed by atoms with Crippen molar-refractivity contribution >= 4 is 23.8 Å². The molecule has 0 nitrogen and oxygen atoms in total. The molecular weight excluding hydrogens is 295 g/mol. The largest absolute Gasteiger partial charge is 0.0622 e. The summed E-state index contributed by atoms with van der Waals surface area (Å²) in [6.45, 7) is 4.53. The minimum Gasteiger partial charge on any atom is -0.0622 e. The molecule has 0 saturated heterocycles. The molecule has 0 unspecified atom stereocenters. The van der Waals surface area contributed by atoms with E-state index in [4.69, 9.17) is 0 Å². The number of rotatable bonds is 5. The number of benzene rings is 3. The maximum atomic E-state index is 2.34. The molecule has 116 valence electrons. The van der Waals surface area contributed by atoms with Crippen LogP contribution in [0.25, 0.3) is 0 Å². The summed E-state index contributed by atoms with van der Waals surface area (Å²) in [4.78, 5) is 0. The zero-order chi connectivity index (χ0) is 16.1. The summed E-state index contributed by atoms with van der Waals surface area (Å²) in [6, 6.07) is 28.8. The van der Waals surface area contributed by atoms with E-state index in [0.29, 0.717) is 0 Å². The van der Waals surface area contributed by atoms with Crippen molar-refractivity contribution in [3.05, 3.63) is 90.0 Å². The van der Waals surface area contributed by atoms with E-state index in [2.05, 4.69) is 92.7 Å². The van der Waals surface area contributed by atoms with Crippen LogP contribution in [-0.2, 0) is 12.8 Å². The molecule has 0 aliphatic carbocycles. The highest BCUT2D eigenvalue weighted by atomic mass is 31.1. The summed E-state index contributed by atoms with van der Waals surface area (Å²) in [6.07, 6.45) is 2.20. The Morgan fingerprint density at radius 2 is 1.17 bits per heavy atom. The lowest BCUT2D eigenvalue weighted by molar-refractivity contribution is 1.05. The summed E-state index contributed by atoms with van der Waals surface area (Å²) in [5.41, 5.74) is 3.03. The SMILES string of the molecule is CCc1cccc(P(c2ccccc2)c2ccccc2)c1CC. The van der Waals surface area contributed by atoms with Crippen molar-refractivity contribution in [1.82, 2.24) is 0 Å². The van der Waals surface area contributed by atoms with Gasteiger partial charge in [0.05, 0.1) is 0 Å². The molecule has 0 N–H and O–H groups in total. The second kappa shape index (κ2) is 7.57.